The highest BCUT2D eigenvalue weighted by Crippen LogP contribution is 2.34. The lowest BCUT2D eigenvalue weighted by molar-refractivity contribution is -0.133. The van der Waals surface area contributed by atoms with E-state index in [9.17, 15) is 4.79 Å². The first-order valence-corrected chi connectivity index (χ1v) is 8.75. The summed E-state index contributed by atoms with van der Waals surface area (Å²) in [5.41, 5.74) is 4.19. The maximum absolute atomic E-state index is 12.1. The summed E-state index contributed by atoms with van der Waals surface area (Å²) in [4.78, 5) is 14.2. The van der Waals surface area contributed by atoms with E-state index >= 15 is 0 Å². The summed E-state index contributed by atoms with van der Waals surface area (Å²) >= 11 is 3.53. The van der Waals surface area contributed by atoms with E-state index in [0.717, 1.165) is 44.1 Å². The monoisotopic (exact) mass is 335 g/mol. The van der Waals surface area contributed by atoms with Crippen molar-refractivity contribution in [3.63, 3.8) is 0 Å². The standard InChI is InChI=1S/C17H22BrNO/c1-12-10-15(4-5-16(12)11-18)13-6-8-19(9-7-13)17(20)14-2-3-14/h4-5,10,13-14H,2-3,6-9,11H2,1H3. The van der Waals surface area contributed by atoms with E-state index in [2.05, 4.69) is 46.0 Å². The molecule has 1 aromatic rings. The molecule has 1 amide bonds. The van der Waals surface area contributed by atoms with Gasteiger partial charge in [0.25, 0.3) is 0 Å². The molecule has 2 nitrogen and oxygen atoms in total. The summed E-state index contributed by atoms with van der Waals surface area (Å²) in [6.45, 7) is 4.07. The van der Waals surface area contributed by atoms with Crippen LogP contribution in [-0.4, -0.2) is 23.9 Å². The highest BCUT2D eigenvalue weighted by molar-refractivity contribution is 9.08. The molecular weight excluding hydrogens is 314 g/mol. The van der Waals surface area contributed by atoms with Gasteiger partial charge in [-0.1, -0.05) is 34.1 Å². The van der Waals surface area contributed by atoms with Crippen molar-refractivity contribution in [1.29, 1.82) is 0 Å². The minimum Gasteiger partial charge on any atom is -0.342 e. The molecule has 0 bridgehead atoms. The molecule has 108 valence electrons. The van der Waals surface area contributed by atoms with E-state index in [1.807, 2.05) is 0 Å². The first-order valence-electron chi connectivity index (χ1n) is 7.63. The SMILES string of the molecule is Cc1cc(C2CCN(C(=O)C3CC3)CC2)ccc1CBr. The van der Waals surface area contributed by atoms with Crippen LogP contribution in [0.4, 0.5) is 0 Å². The fourth-order valence-electron chi connectivity index (χ4n) is 3.14. The minimum atomic E-state index is 0.368. The fourth-order valence-corrected chi connectivity index (χ4v) is 3.77. The van der Waals surface area contributed by atoms with Gasteiger partial charge in [-0.15, -0.1) is 0 Å². The molecule has 1 aromatic carbocycles. The quantitative estimate of drug-likeness (QED) is 0.764. The molecule has 1 saturated carbocycles. The Hall–Kier alpha value is -0.830. The number of piperidine rings is 1. The van der Waals surface area contributed by atoms with E-state index in [-0.39, 0.29) is 0 Å². The van der Waals surface area contributed by atoms with Crippen LogP contribution in [0.25, 0.3) is 0 Å². The van der Waals surface area contributed by atoms with Crippen LogP contribution in [0, 0.1) is 12.8 Å². The molecule has 0 spiro atoms. The number of carbonyl (C=O) groups excluding carboxylic acids is 1. The topological polar surface area (TPSA) is 20.3 Å². The van der Waals surface area contributed by atoms with Crippen molar-refractivity contribution in [3.05, 3.63) is 34.9 Å². The Morgan fingerprint density at radius 3 is 2.50 bits per heavy atom. The maximum atomic E-state index is 12.1. The molecule has 0 aromatic heterocycles. The second kappa shape index (κ2) is 5.88. The van der Waals surface area contributed by atoms with Gasteiger partial charge in [0.05, 0.1) is 0 Å². The molecule has 0 N–H and O–H groups in total. The number of benzene rings is 1. The van der Waals surface area contributed by atoms with Crippen molar-refractivity contribution >= 4 is 21.8 Å². The smallest absolute Gasteiger partial charge is 0.225 e. The van der Waals surface area contributed by atoms with Gasteiger partial charge in [0, 0.05) is 24.3 Å². The maximum Gasteiger partial charge on any atom is 0.225 e. The van der Waals surface area contributed by atoms with Crippen molar-refractivity contribution in [2.45, 2.75) is 43.9 Å². The first kappa shape index (κ1) is 14.1. The zero-order valence-electron chi connectivity index (χ0n) is 12.1. The summed E-state index contributed by atoms with van der Waals surface area (Å²) in [5, 5.41) is 0.924. The summed E-state index contributed by atoms with van der Waals surface area (Å²) in [5.74, 6) is 1.41. The Balaban J connectivity index is 1.62. The van der Waals surface area contributed by atoms with E-state index in [1.165, 1.54) is 16.7 Å². The van der Waals surface area contributed by atoms with E-state index in [1.54, 1.807) is 0 Å². The fraction of sp³-hybridized carbons (Fsp3) is 0.588. The molecule has 1 saturated heterocycles. The van der Waals surface area contributed by atoms with Crippen LogP contribution in [0.2, 0.25) is 0 Å². The predicted octanol–water partition coefficient (Wildman–Crippen LogP) is 4.01. The van der Waals surface area contributed by atoms with Crippen molar-refractivity contribution in [2.75, 3.05) is 13.1 Å². The number of carbonyl (C=O) groups is 1. The number of hydrogen-bond donors (Lipinski definition) is 0. The van der Waals surface area contributed by atoms with Crippen LogP contribution in [0.3, 0.4) is 0 Å². The van der Waals surface area contributed by atoms with Gasteiger partial charge in [-0.3, -0.25) is 4.79 Å². The lowest BCUT2D eigenvalue weighted by Gasteiger charge is -2.32. The van der Waals surface area contributed by atoms with E-state index in [0.29, 0.717) is 17.7 Å². The molecule has 0 unspecified atom stereocenters. The highest BCUT2D eigenvalue weighted by Gasteiger charge is 2.35. The summed E-state index contributed by atoms with van der Waals surface area (Å²) in [6.07, 6.45) is 4.47. The first-order chi connectivity index (χ1) is 9.69. The van der Waals surface area contributed by atoms with Crippen LogP contribution >= 0.6 is 15.9 Å². The lowest BCUT2D eigenvalue weighted by Crippen LogP contribution is -2.38. The summed E-state index contributed by atoms with van der Waals surface area (Å²) in [6, 6.07) is 6.84. The molecule has 0 radical (unpaired) electrons. The number of likely N-dealkylation sites (tertiary alicyclic amines) is 1. The number of aryl methyl sites for hydroxylation is 1. The van der Waals surface area contributed by atoms with Crippen molar-refractivity contribution in [1.82, 2.24) is 4.90 Å². The third-order valence-corrected chi connectivity index (χ3v) is 5.32. The Labute approximate surface area is 129 Å². The Kier molecular flexibility index (Phi) is 4.16. The van der Waals surface area contributed by atoms with E-state index in [4.69, 9.17) is 0 Å². The average molecular weight is 336 g/mol. The zero-order chi connectivity index (χ0) is 14.1. The second-order valence-electron chi connectivity index (χ2n) is 6.19. The predicted molar refractivity (Wildman–Crippen MR) is 85.1 cm³/mol. The van der Waals surface area contributed by atoms with Crippen molar-refractivity contribution < 1.29 is 4.79 Å². The molecular formula is C17H22BrNO. The van der Waals surface area contributed by atoms with Crippen molar-refractivity contribution in [2.24, 2.45) is 5.92 Å². The lowest BCUT2D eigenvalue weighted by atomic mass is 9.88. The largest absolute Gasteiger partial charge is 0.342 e. The van der Waals surface area contributed by atoms with Crippen LogP contribution in [0.5, 0.6) is 0 Å². The van der Waals surface area contributed by atoms with Crippen LogP contribution in [0.15, 0.2) is 18.2 Å². The molecule has 3 rings (SSSR count). The van der Waals surface area contributed by atoms with Crippen LogP contribution < -0.4 is 0 Å². The molecule has 3 heteroatoms. The van der Waals surface area contributed by atoms with Crippen LogP contribution in [0.1, 0.15) is 48.3 Å². The molecule has 2 fully saturated rings. The Morgan fingerprint density at radius 2 is 1.95 bits per heavy atom. The number of rotatable bonds is 3. The molecule has 2 aliphatic rings. The molecule has 1 heterocycles. The molecule has 1 aliphatic heterocycles. The molecule has 0 atom stereocenters. The summed E-state index contributed by atoms with van der Waals surface area (Å²) in [7, 11) is 0. The normalized spacial score (nSPS) is 20.2. The second-order valence-corrected chi connectivity index (χ2v) is 6.75. The number of halogens is 1. The minimum absolute atomic E-state index is 0.368. The third-order valence-electron chi connectivity index (χ3n) is 4.72. The average Bonchev–Trinajstić information content (AvgIpc) is 3.31. The van der Waals surface area contributed by atoms with Gasteiger partial charge in [0.15, 0.2) is 0 Å². The van der Waals surface area contributed by atoms with Crippen LogP contribution in [-0.2, 0) is 10.1 Å². The highest BCUT2D eigenvalue weighted by atomic mass is 79.9. The van der Waals surface area contributed by atoms with Gasteiger partial charge < -0.3 is 4.90 Å². The van der Waals surface area contributed by atoms with Gasteiger partial charge >= 0.3 is 0 Å². The number of alkyl halides is 1. The van der Waals surface area contributed by atoms with Gasteiger partial charge in [-0.25, -0.2) is 0 Å². The molecule has 1 aliphatic carbocycles. The van der Waals surface area contributed by atoms with Crippen molar-refractivity contribution in [3.8, 4) is 0 Å². The number of hydrogen-bond acceptors (Lipinski definition) is 1. The van der Waals surface area contributed by atoms with Gasteiger partial charge in [0.1, 0.15) is 0 Å². The molecule has 20 heavy (non-hydrogen) atoms. The van der Waals surface area contributed by atoms with Gasteiger partial charge in [0.2, 0.25) is 5.91 Å². The Morgan fingerprint density at radius 1 is 1.25 bits per heavy atom. The zero-order valence-corrected chi connectivity index (χ0v) is 13.7. The third kappa shape index (κ3) is 2.93. The van der Waals surface area contributed by atoms with E-state index < -0.39 is 0 Å². The van der Waals surface area contributed by atoms with Gasteiger partial charge in [-0.2, -0.15) is 0 Å². The Bertz CT molecular complexity index is 502. The number of amides is 1. The summed E-state index contributed by atoms with van der Waals surface area (Å²) < 4.78 is 0. The van der Waals surface area contributed by atoms with Gasteiger partial charge in [-0.05, 0) is 55.2 Å². The number of nitrogens with zero attached hydrogens (tertiary/aromatic N) is 1.